The summed E-state index contributed by atoms with van der Waals surface area (Å²) < 4.78 is 5.10. The van der Waals surface area contributed by atoms with E-state index in [-0.39, 0.29) is 12.0 Å². The highest BCUT2D eigenvalue weighted by Crippen LogP contribution is 2.41. The predicted molar refractivity (Wildman–Crippen MR) is 99.4 cm³/mol. The van der Waals surface area contributed by atoms with Crippen molar-refractivity contribution in [3.05, 3.63) is 50.1 Å². The molecule has 1 aliphatic heterocycles. The first-order valence-corrected chi connectivity index (χ1v) is 9.12. The molecule has 0 bridgehead atoms. The van der Waals surface area contributed by atoms with Crippen molar-refractivity contribution in [2.24, 2.45) is 5.10 Å². The molecule has 4 nitrogen and oxygen atoms in total. The molecule has 126 valence electrons. The molecule has 1 aromatic heterocycles. The first-order chi connectivity index (χ1) is 11.5. The van der Waals surface area contributed by atoms with Gasteiger partial charge in [-0.05, 0) is 44.2 Å². The van der Waals surface area contributed by atoms with Gasteiger partial charge >= 0.3 is 5.97 Å². The van der Waals surface area contributed by atoms with Gasteiger partial charge in [-0.3, -0.25) is 5.01 Å². The minimum absolute atomic E-state index is 0.0817. The van der Waals surface area contributed by atoms with Gasteiger partial charge in [-0.2, -0.15) is 5.10 Å². The van der Waals surface area contributed by atoms with Crippen LogP contribution < -0.4 is 5.01 Å². The molecule has 1 atom stereocenters. The van der Waals surface area contributed by atoms with Crippen LogP contribution in [-0.2, 0) is 9.53 Å². The summed E-state index contributed by atoms with van der Waals surface area (Å²) in [6, 6.07) is 9.29. The SMILES string of the molecule is CCOC(=O)C1=NN(c2ccc(Cl)cc2Cl)C(c2ccc(C)s2)C1. The van der Waals surface area contributed by atoms with Gasteiger partial charge in [0.15, 0.2) is 0 Å². The van der Waals surface area contributed by atoms with Crippen LogP contribution in [0.2, 0.25) is 10.0 Å². The average molecular weight is 383 g/mol. The third-order valence-electron chi connectivity index (χ3n) is 3.67. The van der Waals surface area contributed by atoms with Crippen molar-refractivity contribution >= 4 is 51.9 Å². The van der Waals surface area contributed by atoms with E-state index in [1.807, 2.05) is 6.07 Å². The number of carbonyl (C=O) groups is 1. The Bertz CT molecular complexity index is 804. The lowest BCUT2D eigenvalue weighted by Crippen LogP contribution is -2.18. The third kappa shape index (κ3) is 3.43. The number of hydrazone groups is 1. The van der Waals surface area contributed by atoms with Crippen molar-refractivity contribution in [3.63, 3.8) is 0 Å². The highest BCUT2D eigenvalue weighted by molar-refractivity contribution is 7.12. The van der Waals surface area contributed by atoms with Gasteiger partial charge in [-0.1, -0.05) is 23.2 Å². The van der Waals surface area contributed by atoms with E-state index in [2.05, 4.69) is 24.2 Å². The summed E-state index contributed by atoms with van der Waals surface area (Å²) in [5.74, 6) is -0.386. The van der Waals surface area contributed by atoms with E-state index in [1.165, 1.54) is 4.88 Å². The molecule has 0 spiro atoms. The number of hydrogen-bond donors (Lipinski definition) is 0. The standard InChI is InChI=1S/C17H16Cl2N2O2S/c1-3-23-17(22)13-9-15(16-7-4-10(2)24-16)21(20-13)14-6-5-11(18)8-12(14)19/h4-8,15H,3,9H2,1-2H3. The van der Waals surface area contributed by atoms with E-state index in [1.54, 1.807) is 35.4 Å². The Morgan fingerprint density at radius 3 is 2.79 bits per heavy atom. The lowest BCUT2D eigenvalue weighted by Gasteiger charge is -2.23. The molecule has 1 unspecified atom stereocenters. The van der Waals surface area contributed by atoms with E-state index in [4.69, 9.17) is 27.9 Å². The maximum atomic E-state index is 12.1. The van der Waals surface area contributed by atoms with Gasteiger partial charge < -0.3 is 4.74 Å². The van der Waals surface area contributed by atoms with Crippen LogP contribution in [0, 0.1) is 6.92 Å². The van der Waals surface area contributed by atoms with Crippen LogP contribution in [0.15, 0.2) is 35.4 Å². The summed E-state index contributed by atoms with van der Waals surface area (Å²) in [5.41, 5.74) is 1.12. The van der Waals surface area contributed by atoms with Crippen molar-refractivity contribution in [2.75, 3.05) is 11.6 Å². The number of hydrogen-bond acceptors (Lipinski definition) is 5. The van der Waals surface area contributed by atoms with Crippen molar-refractivity contribution in [1.29, 1.82) is 0 Å². The highest BCUT2D eigenvalue weighted by atomic mass is 35.5. The summed E-state index contributed by atoms with van der Waals surface area (Å²) in [7, 11) is 0. The van der Waals surface area contributed by atoms with Crippen molar-refractivity contribution < 1.29 is 9.53 Å². The Morgan fingerprint density at radius 1 is 1.38 bits per heavy atom. The second-order valence-electron chi connectivity index (χ2n) is 5.38. The molecule has 7 heteroatoms. The number of carbonyl (C=O) groups excluding carboxylic acids is 1. The molecular formula is C17H16Cl2N2O2S. The first kappa shape index (κ1) is 17.3. The fraction of sp³-hybridized carbons (Fsp3) is 0.294. The smallest absolute Gasteiger partial charge is 0.354 e. The van der Waals surface area contributed by atoms with Gasteiger partial charge in [0.25, 0.3) is 0 Å². The highest BCUT2D eigenvalue weighted by Gasteiger charge is 2.34. The Morgan fingerprint density at radius 2 is 2.17 bits per heavy atom. The minimum Gasteiger partial charge on any atom is -0.461 e. The van der Waals surface area contributed by atoms with Gasteiger partial charge in [0, 0.05) is 21.2 Å². The normalized spacial score (nSPS) is 17.1. The van der Waals surface area contributed by atoms with Crippen LogP contribution in [0.5, 0.6) is 0 Å². The number of aryl methyl sites for hydroxylation is 1. The number of thiophene rings is 1. The zero-order valence-electron chi connectivity index (χ0n) is 13.3. The van der Waals surface area contributed by atoms with Crippen molar-refractivity contribution in [2.45, 2.75) is 26.3 Å². The van der Waals surface area contributed by atoms with Crippen LogP contribution in [0.3, 0.4) is 0 Å². The molecule has 2 heterocycles. The van der Waals surface area contributed by atoms with Gasteiger partial charge in [0.2, 0.25) is 0 Å². The summed E-state index contributed by atoms with van der Waals surface area (Å²) in [6.45, 7) is 4.15. The van der Waals surface area contributed by atoms with E-state index in [0.717, 1.165) is 10.6 Å². The molecule has 0 saturated carbocycles. The molecule has 0 aliphatic carbocycles. The van der Waals surface area contributed by atoms with E-state index < -0.39 is 0 Å². The Kier molecular flexibility index (Phi) is 5.13. The van der Waals surface area contributed by atoms with Crippen LogP contribution in [0.1, 0.15) is 29.1 Å². The summed E-state index contributed by atoms with van der Waals surface area (Å²) >= 11 is 14.0. The quantitative estimate of drug-likeness (QED) is 0.679. The maximum absolute atomic E-state index is 12.1. The lowest BCUT2D eigenvalue weighted by molar-refractivity contribution is -0.135. The molecule has 0 saturated heterocycles. The monoisotopic (exact) mass is 382 g/mol. The van der Waals surface area contributed by atoms with E-state index in [0.29, 0.717) is 28.8 Å². The summed E-state index contributed by atoms with van der Waals surface area (Å²) in [5, 5.41) is 7.33. The predicted octanol–water partition coefficient (Wildman–Crippen LogP) is 5.23. The van der Waals surface area contributed by atoms with Crippen molar-refractivity contribution in [3.8, 4) is 0 Å². The number of anilines is 1. The zero-order valence-corrected chi connectivity index (χ0v) is 15.6. The number of rotatable bonds is 4. The number of nitrogens with zero attached hydrogens (tertiary/aromatic N) is 2. The van der Waals surface area contributed by atoms with Crippen molar-refractivity contribution in [1.82, 2.24) is 0 Å². The van der Waals surface area contributed by atoms with Crippen LogP contribution in [0.4, 0.5) is 5.69 Å². The van der Waals surface area contributed by atoms with Crippen LogP contribution in [0.25, 0.3) is 0 Å². The number of halogens is 2. The number of benzene rings is 1. The Balaban J connectivity index is 2.00. The van der Waals surface area contributed by atoms with E-state index >= 15 is 0 Å². The van der Waals surface area contributed by atoms with Gasteiger partial charge in [-0.25, -0.2) is 4.79 Å². The molecule has 1 aromatic carbocycles. The van der Waals surface area contributed by atoms with Gasteiger partial charge in [0.1, 0.15) is 5.71 Å². The van der Waals surface area contributed by atoms with E-state index in [9.17, 15) is 4.79 Å². The second kappa shape index (κ2) is 7.13. The molecule has 1 aliphatic rings. The van der Waals surface area contributed by atoms with Crippen LogP contribution >= 0.6 is 34.5 Å². The first-order valence-electron chi connectivity index (χ1n) is 7.54. The third-order valence-corrected chi connectivity index (χ3v) is 5.31. The zero-order chi connectivity index (χ0) is 17.3. The average Bonchev–Trinajstić information content (AvgIpc) is 3.14. The number of esters is 1. The fourth-order valence-electron chi connectivity index (χ4n) is 2.59. The molecule has 2 aromatic rings. The Hall–Kier alpha value is -1.56. The summed E-state index contributed by atoms with van der Waals surface area (Å²) in [6.07, 6.45) is 0.484. The van der Waals surface area contributed by atoms with Gasteiger partial charge in [-0.15, -0.1) is 11.3 Å². The summed E-state index contributed by atoms with van der Waals surface area (Å²) in [4.78, 5) is 14.4. The van der Waals surface area contributed by atoms with Crippen LogP contribution in [-0.4, -0.2) is 18.3 Å². The topological polar surface area (TPSA) is 41.9 Å². The molecule has 0 amide bonds. The largest absolute Gasteiger partial charge is 0.461 e. The van der Waals surface area contributed by atoms with Gasteiger partial charge in [0.05, 0.1) is 23.4 Å². The minimum atomic E-state index is -0.386. The fourth-order valence-corrected chi connectivity index (χ4v) is 4.05. The molecule has 0 fully saturated rings. The Labute approximate surface area is 154 Å². The lowest BCUT2D eigenvalue weighted by atomic mass is 10.1. The molecular weight excluding hydrogens is 367 g/mol. The molecule has 24 heavy (non-hydrogen) atoms. The second-order valence-corrected chi connectivity index (χ2v) is 7.54. The number of ether oxygens (including phenoxy) is 1. The molecule has 0 radical (unpaired) electrons. The molecule has 3 rings (SSSR count). The maximum Gasteiger partial charge on any atom is 0.354 e. The molecule has 0 N–H and O–H groups in total.